The number of rotatable bonds is 3. The van der Waals surface area contributed by atoms with E-state index in [9.17, 15) is 4.79 Å². The smallest absolute Gasteiger partial charge is 0.263 e. The second-order valence-corrected chi connectivity index (χ2v) is 4.91. The molecule has 98 valence electrons. The number of ether oxygens (including phenoxy) is 1. The molecule has 0 spiro atoms. The highest BCUT2D eigenvalue weighted by atomic mass is 16.5. The zero-order valence-electron chi connectivity index (χ0n) is 11.2. The number of aryl methyl sites for hydroxylation is 1. The standard InChI is InChI=1S/C15H21NO2/c1-12-8-4-5-9-14(12)18-13(2)15(17)16-10-6-3-7-11-16/h4-5,8-9,13H,3,6-7,10-11H2,1-2H3/t13-/m0/s1. The van der Waals surface area contributed by atoms with Crippen LogP contribution in [0.2, 0.25) is 0 Å². The predicted molar refractivity (Wildman–Crippen MR) is 71.7 cm³/mol. The summed E-state index contributed by atoms with van der Waals surface area (Å²) in [4.78, 5) is 14.1. The van der Waals surface area contributed by atoms with Crippen molar-refractivity contribution in [2.45, 2.75) is 39.2 Å². The summed E-state index contributed by atoms with van der Waals surface area (Å²) < 4.78 is 5.77. The van der Waals surface area contributed by atoms with Gasteiger partial charge in [0.25, 0.3) is 5.91 Å². The van der Waals surface area contributed by atoms with E-state index < -0.39 is 6.10 Å². The molecule has 1 aliphatic heterocycles. The Hall–Kier alpha value is -1.51. The lowest BCUT2D eigenvalue weighted by Gasteiger charge is -2.29. The Morgan fingerprint density at radius 2 is 1.89 bits per heavy atom. The van der Waals surface area contributed by atoms with Crippen LogP contribution >= 0.6 is 0 Å². The molecule has 1 atom stereocenters. The maximum Gasteiger partial charge on any atom is 0.263 e. The van der Waals surface area contributed by atoms with Gasteiger partial charge < -0.3 is 9.64 Å². The fraction of sp³-hybridized carbons (Fsp3) is 0.533. The van der Waals surface area contributed by atoms with Gasteiger partial charge in [-0.25, -0.2) is 0 Å². The van der Waals surface area contributed by atoms with Gasteiger partial charge in [0.2, 0.25) is 0 Å². The fourth-order valence-corrected chi connectivity index (χ4v) is 2.30. The Bertz CT molecular complexity index is 411. The van der Waals surface area contributed by atoms with E-state index in [2.05, 4.69) is 0 Å². The molecule has 0 unspecified atom stereocenters. The number of likely N-dealkylation sites (tertiary alicyclic amines) is 1. The predicted octanol–water partition coefficient (Wildman–Crippen LogP) is 2.77. The topological polar surface area (TPSA) is 29.5 Å². The molecule has 1 saturated heterocycles. The van der Waals surface area contributed by atoms with E-state index in [0.717, 1.165) is 37.2 Å². The molecule has 1 amide bonds. The molecule has 1 fully saturated rings. The molecule has 1 aliphatic rings. The molecule has 18 heavy (non-hydrogen) atoms. The van der Waals surface area contributed by atoms with Crippen molar-refractivity contribution in [1.29, 1.82) is 0 Å². The summed E-state index contributed by atoms with van der Waals surface area (Å²) in [6, 6.07) is 7.81. The van der Waals surface area contributed by atoms with Crippen LogP contribution in [-0.4, -0.2) is 30.0 Å². The van der Waals surface area contributed by atoms with Crippen LogP contribution in [-0.2, 0) is 4.79 Å². The van der Waals surface area contributed by atoms with E-state index >= 15 is 0 Å². The fourth-order valence-electron chi connectivity index (χ4n) is 2.30. The number of nitrogens with zero attached hydrogens (tertiary/aromatic N) is 1. The third kappa shape index (κ3) is 3.03. The van der Waals surface area contributed by atoms with Gasteiger partial charge in [-0.3, -0.25) is 4.79 Å². The van der Waals surface area contributed by atoms with Gasteiger partial charge in [-0.2, -0.15) is 0 Å². The first kappa shape index (κ1) is 12.9. The highest BCUT2D eigenvalue weighted by molar-refractivity contribution is 5.81. The summed E-state index contributed by atoms with van der Waals surface area (Å²) in [7, 11) is 0. The van der Waals surface area contributed by atoms with Crippen LogP contribution in [0.4, 0.5) is 0 Å². The third-order valence-corrected chi connectivity index (χ3v) is 3.41. The highest BCUT2D eigenvalue weighted by Gasteiger charge is 2.23. The molecule has 1 aromatic carbocycles. The highest BCUT2D eigenvalue weighted by Crippen LogP contribution is 2.19. The maximum atomic E-state index is 12.2. The molecule has 0 saturated carbocycles. The quantitative estimate of drug-likeness (QED) is 0.822. The van der Waals surface area contributed by atoms with E-state index in [1.165, 1.54) is 6.42 Å². The number of piperidine rings is 1. The Morgan fingerprint density at radius 1 is 1.22 bits per heavy atom. The molecule has 0 aromatic heterocycles. The lowest BCUT2D eigenvalue weighted by Crippen LogP contribution is -2.43. The van der Waals surface area contributed by atoms with Gasteiger partial charge in [0.1, 0.15) is 5.75 Å². The molecular formula is C15H21NO2. The average molecular weight is 247 g/mol. The van der Waals surface area contributed by atoms with Crippen LogP contribution in [0, 0.1) is 6.92 Å². The van der Waals surface area contributed by atoms with Crippen LogP contribution in [0.25, 0.3) is 0 Å². The van der Waals surface area contributed by atoms with Gasteiger partial charge in [0.05, 0.1) is 0 Å². The van der Waals surface area contributed by atoms with E-state index in [-0.39, 0.29) is 5.91 Å². The first-order chi connectivity index (χ1) is 8.68. The lowest BCUT2D eigenvalue weighted by molar-refractivity contribution is -0.138. The lowest BCUT2D eigenvalue weighted by atomic mass is 10.1. The van der Waals surface area contributed by atoms with Crippen molar-refractivity contribution in [1.82, 2.24) is 4.90 Å². The molecule has 0 radical (unpaired) electrons. The Balaban J connectivity index is 1.96. The third-order valence-electron chi connectivity index (χ3n) is 3.41. The van der Waals surface area contributed by atoms with Crippen LogP contribution in [0.15, 0.2) is 24.3 Å². The SMILES string of the molecule is Cc1ccccc1O[C@@H](C)C(=O)N1CCCCC1. The summed E-state index contributed by atoms with van der Waals surface area (Å²) >= 11 is 0. The monoisotopic (exact) mass is 247 g/mol. The van der Waals surface area contributed by atoms with Gasteiger partial charge in [0.15, 0.2) is 6.10 Å². The maximum absolute atomic E-state index is 12.2. The number of hydrogen-bond acceptors (Lipinski definition) is 2. The molecule has 1 aromatic rings. The zero-order valence-corrected chi connectivity index (χ0v) is 11.2. The minimum Gasteiger partial charge on any atom is -0.481 e. The minimum absolute atomic E-state index is 0.109. The van der Waals surface area contributed by atoms with E-state index in [1.54, 1.807) is 0 Å². The van der Waals surface area contributed by atoms with Crippen LogP contribution < -0.4 is 4.74 Å². The van der Waals surface area contributed by atoms with Crippen molar-refractivity contribution in [2.75, 3.05) is 13.1 Å². The molecular weight excluding hydrogens is 226 g/mol. The summed E-state index contributed by atoms with van der Waals surface area (Å²) in [6.45, 7) is 5.58. The molecule has 3 heteroatoms. The molecule has 0 N–H and O–H groups in total. The number of amides is 1. The van der Waals surface area contributed by atoms with Gasteiger partial charge in [0, 0.05) is 13.1 Å². The number of carbonyl (C=O) groups excluding carboxylic acids is 1. The average Bonchev–Trinajstić information content (AvgIpc) is 2.41. The van der Waals surface area contributed by atoms with Gasteiger partial charge >= 0.3 is 0 Å². The number of para-hydroxylation sites is 1. The molecule has 2 rings (SSSR count). The Kier molecular flexibility index (Phi) is 4.24. The molecule has 0 aliphatic carbocycles. The van der Waals surface area contributed by atoms with Crippen LogP contribution in [0.5, 0.6) is 5.75 Å². The van der Waals surface area contributed by atoms with Crippen molar-refractivity contribution >= 4 is 5.91 Å². The minimum atomic E-state index is -0.399. The van der Waals surface area contributed by atoms with Gasteiger partial charge in [-0.05, 0) is 44.7 Å². The first-order valence-corrected chi connectivity index (χ1v) is 6.69. The Labute approximate surface area is 109 Å². The summed E-state index contributed by atoms with van der Waals surface area (Å²) in [5, 5.41) is 0. The second kappa shape index (κ2) is 5.89. The summed E-state index contributed by atoms with van der Waals surface area (Å²) in [5.74, 6) is 0.910. The Morgan fingerprint density at radius 3 is 2.56 bits per heavy atom. The van der Waals surface area contributed by atoms with Crippen LogP contribution in [0.1, 0.15) is 31.7 Å². The number of benzene rings is 1. The molecule has 1 heterocycles. The van der Waals surface area contributed by atoms with Crippen molar-refractivity contribution in [3.05, 3.63) is 29.8 Å². The molecule has 3 nitrogen and oxygen atoms in total. The van der Waals surface area contributed by atoms with Crippen LogP contribution in [0.3, 0.4) is 0 Å². The largest absolute Gasteiger partial charge is 0.481 e. The summed E-state index contributed by atoms with van der Waals surface area (Å²) in [6.07, 6.45) is 3.06. The number of hydrogen-bond donors (Lipinski definition) is 0. The zero-order chi connectivity index (χ0) is 13.0. The number of carbonyl (C=O) groups is 1. The van der Waals surface area contributed by atoms with E-state index in [0.29, 0.717) is 0 Å². The summed E-state index contributed by atoms with van der Waals surface area (Å²) in [5.41, 5.74) is 1.07. The van der Waals surface area contributed by atoms with Gasteiger partial charge in [-0.1, -0.05) is 18.2 Å². The second-order valence-electron chi connectivity index (χ2n) is 4.91. The van der Waals surface area contributed by atoms with Crippen molar-refractivity contribution in [3.8, 4) is 5.75 Å². The first-order valence-electron chi connectivity index (χ1n) is 6.69. The van der Waals surface area contributed by atoms with Crippen molar-refractivity contribution in [2.24, 2.45) is 0 Å². The van der Waals surface area contributed by atoms with E-state index in [4.69, 9.17) is 4.74 Å². The normalized spacial score (nSPS) is 17.3. The van der Waals surface area contributed by atoms with Crippen molar-refractivity contribution < 1.29 is 9.53 Å². The molecule has 0 bridgehead atoms. The van der Waals surface area contributed by atoms with Crippen molar-refractivity contribution in [3.63, 3.8) is 0 Å². The van der Waals surface area contributed by atoms with Gasteiger partial charge in [-0.15, -0.1) is 0 Å². The van der Waals surface area contributed by atoms with E-state index in [1.807, 2.05) is 43.0 Å².